The van der Waals surface area contributed by atoms with Crippen LogP contribution < -0.4 is 10.5 Å². The van der Waals surface area contributed by atoms with Gasteiger partial charge in [0, 0.05) is 42.6 Å². The molecular weight excluding hydrogens is 569 g/mol. The van der Waals surface area contributed by atoms with E-state index in [2.05, 4.69) is 0 Å². The summed E-state index contributed by atoms with van der Waals surface area (Å²) in [5, 5.41) is 43.5. The number of aliphatic hydroxyl groups excluding tert-OH is 1. The lowest BCUT2D eigenvalue weighted by Crippen LogP contribution is -2.45. The fraction of sp³-hybridized carbons (Fsp3) is 0.407. The average Bonchev–Trinajstić information content (AvgIpc) is 2.91. The minimum atomic E-state index is -5.25. The van der Waals surface area contributed by atoms with Crippen LogP contribution in [0.15, 0.2) is 18.2 Å². The topological polar surface area (TPSA) is 197 Å². The van der Waals surface area contributed by atoms with Crippen LogP contribution >= 0.6 is 0 Å². The van der Waals surface area contributed by atoms with Crippen molar-refractivity contribution in [3.05, 3.63) is 51.6 Å². The number of nitrogens with zero attached hydrogens (tertiary/aromatic N) is 1. The molecule has 15 heteroatoms. The van der Waals surface area contributed by atoms with Gasteiger partial charge in [-0.05, 0) is 13.0 Å². The molecule has 226 valence electrons. The summed E-state index contributed by atoms with van der Waals surface area (Å²) in [5.74, 6) is -7.13. The van der Waals surface area contributed by atoms with Gasteiger partial charge in [-0.3, -0.25) is 24.1 Å². The smallest absolute Gasteiger partial charge is 0.471 e. The Hall–Kier alpha value is -4.05. The van der Waals surface area contributed by atoms with Crippen molar-refractivity contribution >= 4 is 23.3 Å². The highest BCUT2D eigenvalue weighted by Crippen LogP contribution is 2.51. The van der Waals surface area contributed by atoms with E-state index in [4.69, 9.17) is 15.2 Å². The Morgan fingerprint density at radius 3 is 2.38 bits per heavy atom. The molecule has 4 rings (SSSR count). The van der Waals surface area contributed by atoms with Crippen LogP contribution in [-0.2, 0) is 20.7 Å². The van der Waals surface area contributed by atoms with E-state index >= 15 is 0 Å². The molecule has 42 heavy (non-hydrogen) atoms. The molecule has 0 aliphatic heterocycles. The van der Waals surface area contributed by atoms with Gasteiger partial charge < -0.3 is 35.6 Å². The summed E-state index contributed by atoms with van der Waals surface area (Å²) in [6, 6.07) is 3.59. The van der Waals surface area contributed by atoms with E-state index in [1.807, 2.05) is 0 Å². The molecule has 6 N–H and O–H groups in total. The van der Waals surface area contributed by atoms with Gasteiger partial charge in [0.2, 0.25) is 5.78 Å². The maximum atomic E-state index is 13.7. The fourth-order valence-electron chi connectivity index (χ4n) is 5.07. The number of hydrogen-bond acceptors (Lipinski definition) is 11. The Kier molecular flexibility index (Phi) is 8.33. The van der Waals surface area contributed by atoms with E-state index in [1.54, 1.807) is 0 Å². The zero-order chi connectivity index (χ0) is 31.1. The average molecular weight is 597 g/mol. The Bertz CT molecular complexity index is 1480. The molecule has 2 atom stereocenters. The van der Waals surface area contributed by atoms with Crippen molar-refractivity contribution in [2.24, 2.45) is 5.73 Å². The number of amides is 1. The van der Waals surface area contributed by atoms with Gasteiger partial charge in [0.1, 0.15) is 22.8 Å². The number of aromatic hydroxyl groups is 2. The molecule has 0 heterocycles. The maximum Gasteiger partial charge on any atom is 0.471 e. The number of ether oxygens (including phenoxy) is 2. The van der Waals surface area contributed by atoms with Crippen LogP contribution in [0.25, 0.3) is 0 Å². The number of hydrogen-bond donors (Lipinski definition) is 5. The number of carbonyl (C=O) groups is 4. The van der Waals surface area contributed by atoms with E-state index in [0.29, 0.717) is 0 Å². The number of fused-ring (bicyclic) bond motifs is 3. The van der Waals surface area contributed by atoms with Crippen molar-refractivity contribution in [3.63, 3.8) is 0 Å². The molecule has 2 unspecified atom stereocenters. The molecule has 2 aliphatic carbocycles. The number of ketones is 3. The van der Waals surface area contributed by atoms with Gasteiger partial charge in [0.15, 0.2) is 18.3 Å². The maximum absolute atomic E-state index is 13.7. The van der Waals surface area contributed by atoms with Crippen molar-refractivity contribution < 1.29 is 62.2 Å². The number of nitrogens with two attached hydrogens (primary N) is 1. The van der Waals surface area contributed by atoms with E-state index in [1.165, 1.54) is 12.1 Å². The monoisotopic (exact) mass is 596 g/mol. The van der Waals surface area contributed by atoms with Gasteiger partial charge in [-0.25, -0.2) is 0 Å². The van der Waals surface area contributed by atoms with Crippen LogP contribution in [0.2, 0.25) is 0 Å². The molecule has 0 spiro atoms. The molecule has 0 saturated carbocycles. The predicted molar refractivity (Wildman–Crippen MR) is 135 cm³/mol. The van der Waals surface area contributed by atoms with Crippen LogP contribution in [0.5, 0.6) is 17.2 Å². The van der Waals surface area contributed by atoms with Crippen LogP contribution in [0.4, 0.5) is 13.2 Å². The SMILES string of the molecule is CC(=O)C1(O)Cc2c(O)c3c(c(O)c2C(O)C1)C(=O)c1c(OCN(CCOCCN)C(=O)C(F)(F)F)cccc1C3=O. The lowest BCUT2D eigenvalue weighted by atomic mass is 9.72. The fourth-order valence-corrected chi connectivity index (χ4v) is 5.07. The summed E-state index contributed by atoms with van der Waals surface area (Å²) in [6.45, 7) is -0.666. The van der Waals surface area contributed by atoms with E-state index in [9.17, 15) is 52.8 Å². The van der Waals surface area contributed by atoms with Crippen LogP contribution in [0, 0.1) is 0 Å². The van der Waals surface area contributed by atoms with Crippen LogP contribution in [0.3, 0.4) is 0 Å². The lowest BCUT2D eigenvalue weighted by molar-refractivity contribution is -0.189. The Morgan fingerprint density at radius 2 is 1.76 bits per heavy atom. The molecule has 2 aromatic rings. The molecule has 0 saturated heterocycles. The highest BCUT2D eigenvalue weighted by molar-refractivity contribution is 6.31. The van der Waals surface area contributed by atoms with Gasteiger partial charge in [-0.15, -0.1) is 0 Å². The first kappa shape index (κ1) is 30.9. The molecule has 0 bridgehead atoms. The quantitative estimate of drug-likeness (QED) is 0.134. The molecule has 0 aromatic heterocycles. The van der Waals surface area contributed by atoms with Crippen LogP contribution in [0.1, 0.15) is 62.4 Å². The molecule has 1 amide bonds. The summed E-state index contributed by atoms with van der Waals surface area (Å²) in [6.07, 6.45) is -8.09. The second kappa shape index (κ2) is 11.3. The van der Waals surface area contributed by atoms with Gasteiger partial charge >= 0.3 is 12.1 Å². The second-order valence-corrected chi connectivity index (χ2v) is 9.90. The Labute approximate surface area is 236 Å². The highest BCUT2D eigenvalue weighted by Gasteiger charge is 2.48. The first-order chi connectivity index (χ1) is 19.6. The number of aliphatic hydroxyl groups is 2. The van der Waals surface area contributed by atoms with Crippen molar-refractivity contribution in [2.75, 3.05) is 33.0 Å². The predicted octanol–water partition coefficient (Wildman–Crippen LogP) is 0.875. The van der Waals surface area contributed by atoms with Gasteiger partial charge in [-0.2, -0.15) is 13.2 Å². The molecule has 2 aromatic carbocycles. The number of benzene rings is 2. The first-order valence-electron chi connectivity index (χ1n) is 12.6. The number of halogens is 3. The highest BCUT2D eigenvalue weighted by atomic mass is 19.4. The number of phenolic OH excluding ortho intramolecular Hbond substituents is 2. The summed E-state index contributed by atoms with van der Waals surface area (Å²) < 4.78 is 50.0. The summed E-state index contributed by atoms with van der Waals surface area (Å²) in [5.41, 5.74) is 0.365. The Morgan fingerprint density at radius 1 is 1.10 bits per heavy atom. The minimum Gasteiger partial charge on any atom is -0.507 e. The van der Waals surface area contributed by atoms with E-state index in [0.717, 1.165) is 13.0 Å². The third kappa shape index (κ3) is 5.31. The third-order valence-corrected chi connectivity index (χ3v) is 7.20. The van der Waals surface area contributed by atoms with E-state index in [-0.39, 0.29) is 41.3 Å². The first-order valence-corrected chi connectivity index (χ1v) is 12.6. The van der Waals surface area contributed by atoms with Gasteiger partial charge in [0.05, 0.1) is 36.0 Å². The van der Waals surface area contributed by atoms with Crippen molar-refractivity contribution in [2.45, 2.75) is 37.6 Å². The zero-order valence-corrected chi connectivity index (χ0v) is 22.2. The van der Waals surface area contributed by atoms with Gasteiger partial charge in [0.25, 0.3) is 0 Å². The minimum absolute atomic E-state index is 0.0277. The largest absolute Gasteiger partial charge is 0.507 e. The standard InChI is InChI=1S/C27H27F3N2O10/c1-12(33)26(40)9-14-17(15(34)10-26)23(37)20-19(22(14)36)21(35)13-3-2-4-16(18(13)24(20)38)42-11-32(6-8-41-7-5-31)25(39)27(28,29)30/h2-4,15,34,36-37,40H,5-11,31H2,1H3. The molecule has 12 nitrogen and oxygen atoms in total. The summed E-state index contributed by atoms with van der Waals surface area (Å²) in [7, 11) is 0. The van der Waals surface area contributed by atoms with Gasteiger partial charge in [-0.1, -0.05) is 12.1 Å². The number of alkyl halides is 3. The number of phenols is 2. The molecule has 2 aliphatic rings. The normalized spacial score (nSPS) is 19.5. The molecule has 0 fully saturated rings. The van der Waals surface area contributed by atoms with Crippen molar-refractivity contribution in [3.8, 4) is 17.2 Å². The summed E-state index contributed by atoms with van der Waals surface area (Å²) in [4.78, 5) is 51.5. The lowest BCUT2D eigenvalue weighted by Gasteiger charge is -2.36. The number of Topliss-reactive ketones (excluding diaryl/α,β-unsaturated/α-hetero) is 1. The zero-order valence-electron chi connectivity index (χ0n) is 22.2. The van der Waals surface area contributed by atoms with Crippen molar-refractivity contribution in [1.82, 2.24) is 4.90 Å². The van der Waals surface area contributed by atoms with Crippen LogP contribution in [-0.4, -0.2) is 93.4 Å². The van der Waals surface area contributed by atoms with Crippen molar-refractivity contribution in [1.29, 1.82) is 0 Å². The molecule has 0 radical (unpaired) electrons. The number of rotatable bonds is 9. The number of carbonyl (C=O) groups excluding carboxylic acids is 4. The molecular formula is C27H27F3N2O10. The Balaban J connectivity index is 1.74. The third-order valence-electron chi connectivity index (χ3n) is 7.20. The second-order valence-electron chi connectivity index (χ2n) is 9.90. The summed E-state index contributed by atoms with van der Waals surface area (Å²) >= 11 is 0. The van der Waals surface area contributed by atoms with E-state index < -0.39 is 101 Å².